The monoisotopic (exact) mass is 335 g/mol. The van der Waals surface area contributed by atoms with Crippen LogP contribution in [0.1, 0.15) is 12.2 Å². The lowest BCUT2D eigenvalue weighted by molar-refractivity contribution is -0.146. The predicted molar refractivity (Wildman–Crippen MR) is 81.7 cm³/mol. The Morgan fingerprint density at radius 1 is 1.48 bits per heavy atom. The van der Waals surface area contributed by atoms with E-state index in [1.807, 2.05) is 17.0 Å². The van der Waals surface area contributed by atoms with E-state index in [1.165, 1.54) is 18.9 Å². The fraction of sp³-hybridized carbons (Fsp3) is 0.400. The molecule has 0 aromatic carbocycles. The average Bonchev–Trinajstić information content (AvgIpc) is 3.14. The third-order valence-electron chi connectivity index (χ3n) is 3.58. The normalized spacial score (nSPS) is 21.5. The number of hydrogen-bond acceptors (Lipinski definition) is 8. The highest BCUT2D eigenvalue weighted by molar-refractivity contribution is 7.99. The van der Waals surface area contributed by atoms with E-state index < -0.39 is 12.1 Å². The molecule has 0 saturated carbocycles. The van der Waals surface area contributed by atoms with Gasteiger partial charge in [0, 0.05) is 25.4 Å². The molecule has 0 aliphatic carbocycles. The zero-order valence-electron chi connectivity index (χ0n) is 12.6. The van der Waals surface area contributed by atoms with E-state index in [1.54, 1.807) is 18.5 Å². The van der Waals surface area contributed by atoms with E-state index in [-0.39, 0.29) is 5.97 Å². The molecule has 0 spiro atoms. The van der Waals surface area contributed by atoms with Gasteiger partial charge in [-0.2, -0.15) is 0 Å². The fourth-order valence-corrected chi connectivity index (χ4v) is 3.25. The topological polar surface area (TPSA) is 88.7 Å². The Bertz CT molecular complexity index is 664. The van der Waals surface area contributed by atoms with Crippen molar-refractivity contribution in [3.05, 3.63) is 36.4 Å². The molecule has 0 bridgehead atoms. The van der Waals surface area contributed by atoms with Crippen molar-refractivity contribution in [2.75, 3.05) is 13.7 Å². The molecule has 7 nitrogen and oxygen atoms in total. The summed E-state index contributed by atoms with van der Waals surface area (Å²) in [6.07, 6.45) is 3.20. The van der Waals surface area contributed by atoms with E-state index >= 15 is 0 Å². The minimum absolute atomic E-state index is 0.333. The van der Waals surface area contributed by atoms with Crippen molar-refractivity contribution in [3.8, 4) is 0 Å². The van der Waals surface area contributed by atoms with Crippen molar-refractivity contribution >= 4 is 17.7 Å². The number of nitrogens with zero attached hydrogens (tertiary/aromatic N) is 3. The Kier molecular flexibility index (Phi) is 4.94. The van der Waals surface area contributed by atoms with Gasteiger partial charge in [-0.1, -0.05) is 0 Å². The third-order valence-corrected chi connectivity index (χ3v) is 4.40. The molecule has 0 radical (unpaired) electrons. The maximum atomic E-state index is 11.8. The Morgan fingerprint density at radius 3 is 3.00 bits per heavy atom. The third kappa shape index (κ3) is 3.90. The summed E-state index contributed by atoms with van der Waals surface area (Å²) >= 11 is 1.33. The quantitative estimate of drug-likeness (QED) is 0.647. The van der Waals surface area contributed by atoms with Gasteiger partial charge in [0.25, 0.3) is 0 Å². The average molecular weight is 335 g/mol. The minimum atomic E-state index is -0.527. The number of carbonyl (C=O) groups excluding carboxylic acids is 1. The van der Waals surface area contributed by atoms with Crippen molar-refractivity contribution in [2.24, 2.45) is 0 Å². The van der Waals surface area contributed by atoms with Crippen LogP contribution in [-0.4, -0.2) is 51.7 Å². The summed E-state index contributed by atoms with van der Waals surface area (Å²) < 4.78 is 10.5. The summed E-state index contributed by atoms with van der Waals surface area (Å²) in [5, 5.41) is 11.1. The second-order valence-corrected chi connectivity index (χ2v) is 6.18. The van der Waals surface area contributed by atoms with Crippen LogP contribution >= 0.6 is 11.8 Å². The lowest BCUT2D eigenvalue weighted by atomic mass is 10.2. The molecule has 2 aromatic heterocycles. The summed E-state index contributed by atoms with van der Waals surface area (Å²) in [6, 6.07) is 5.01. The first-order chi connectivity index (χ1) is 11.2. The van der Waals surface area contributed by atoms with Crippen LogP contribution in [0.4, 0.5) is 0 Å². The van der Waals surface area contributed by atoms with Gasteiger partial charge in [0.05, 0.1) is 19.8 Å². The summed E-state index contributed by atoms with van der Waals surface area (Å²) in [7, 11) is 1.35. The lowest BCUT2D eigenvalue weighted by Crippen LogP contribution is -2.36. The van der Waals surface area contributed by atoms with Gasteiger partial charge in [-0.15, -0.1) is 0 Å². The second-order valence-electron chi connectivity index (χ2n) is 5.21. The van der Waals surface area contributed by atoms with Crippen molar-refractivity contribution < 1.29 is 19.1 Å². The SMILES string of the molecule is COC(=O)[C@@H]1C[C@@H](O)CN1Cc1ccc(Sc2ncccn2)o1. The van der Waals surface area contributed by atoms with Gasteiger partial charge in [0.1, 0.15) is 11.8 Å². The molecule has 8 heteroatoms. The predicted octanol–water partition coefficient (Wildman–Crippen LogP) is 1.33. The van der Waals surface area contributed by atoms with Gasteiger partial charge >= 0.3 is 5.97 Å². The van der Waals surface area contributed by atoms with Crippen LogP contribution in [0.2, 0.25) is 0 Å². The maximum Gasteiger partial charge on any atom is 0.323 e. The number of methoxy groups -OCH3 is 1. The molecule has 122 valence electrons. The first-order valence-electron chi connectivity index (χ1n) is 7.19. The lowest BCUT2D eigenvalue weighted by Gasteiger charge is -2.20. The van der Waals surface area contributed by atoms with Gasteiger partial charge in [-0.05, 0) is 30.0 Å². The highest BCUT2D eigenvalue weighted by Gasteiger charge is 2.37. The van der Waals surface area contributed by atoms with Gasteiger partial charge in [0.2, 0.25) is 0 Å². The van der Waals surface area contributed by atoms with E-state index in [2.05, 4.69) is 9.97 Å². The molecular formula is C15H17N3O4S. The Labute approximate surface area is 137 Å². The molecular weight excluding hydrogens is 318 g/mol. The van der Waals surface area contributed by atoms with Crippen LogP contribution in [0.5, 0.6) is 0 Å². The second kappa shape index (κ2) is 7.12. The zero-order chi connectivity index (χ0) is 16.2. The van der Waals surface area contributed by atoms with Crippen LogP contribution in [0.15, 0.2) is 45.3 Å². The van der Waals surface area contributed by atoms with Crippen molar-refractivity contribution in [1.82, 2.24) is 14.9 Å². The Hall–Kier alpha value is -1.90. The number of ether oxygens (including phenoxy) is 1. The Balaban J connectivity index is 1.65. The number of likely N-dealkylation sites (tertiary alicyclic amines) is 1. The van der Waals surface area contributed by atoms with Crippen LogP contribution in [0, 0.1) is 0 Å². The number of hydrogen-bond donors (Lipinski definition) is 1. The van der Waals surface area contributed by atoms with E-state index in [9.17, 15) is 9.90 Å². The van der Waals surface area contributed by atoms with Crippen molar-refractivity contribution in [1.29, 1.82) is 0 Å². The molecule has 3 rings (SSSR count). The molecule has 1 aliphatic heterocycles. The molecule has 0 unspecified atom stereocenters. The highest BCUT2D eigenvalue weighted by Crippen LogP contribution is 2.28. The number of aromatic nitrogens is 2. The zero-order valence-corrected chi connectivity index (χ0v) is 13.4. The number of esters is 1. The van der Waals surface area contributed by atoms with E-state index in [0.29, 0.717) is 35.5 Å². The molecule has 2 atom stereocenters. The van der Waals surface area contributed by atoms with E-state index in [4.69, 9.17) is 9.15 Å². The van der Waals surface area contributed by atoms with Crippen LogP contribution < -0.4 is 0 Å². The number of carbonyl (C=O) groups is 1. The largest absolute Gasteiger partial charge is 0.468 e. The standard InChI is InChI=1S/C15H17N3O4S/c1-21-14(20)12-7-10(19)8-18(12)9-11-3-4-13(22-11)23-15-16-5-2-6-17-15/h2-6,10,12,19H,7-9H2,1H3/t10-,12+/m1/s1. The number of furan rings is 1. The van der Waals surface area contributed by atoms with Crippen LogP contribution in [0.3, 0.4) is 0 Å². The number of rotatable bonds is 5. The molecule has 23 heavy (non-hydrogen) atoms. The highest BCUT2D eigenvalue weighted by atomic mass is 32.2. The summed E-state index contributed by atoms with van der Waals surface area (Å²) in [5.41, 5.74) is 0. The Morgan fingerprint density at radius 2 is 2.26 bits per heavy atom. The van der Waals surface area contributed by atoms with Gasteiger partial charge in [-0.25, -0.2) is 9.97 Å². The molecule has 1 fully saturated rings. The van der Waals surface area contributed by atoms with Crippen molar-refractivity contribution in [2.45, 2.75) is 35.4 Å². The fourth-order valence-electron chi connectivity index (χ4n) is 2.56. The number of aliphatic hydroxyl groups is 1. The van der Waals surface area contributed by atoms with Crippen molar-refractivity contribution in [3.63, 3.8) is 0 Å². The summed E-state index contributed by atoms with van der Waals surface area (Å²) in [6.45, 7) is 0.859. The maximum absolute atomic E-state index is 11.8. The molecule has 1 N–H and O–H groups in total. The molecule has 0 amide bonds. The van der Waals surface area contributed by atoms with Crippen LogP contribution in [-0.2, 0) is 16.1 Å². The van der Waals surface area contributed by atoms with Crippen LogP contribution in [0.25, 0.3) is 0 Å². The van der Waals surface area contributed by atoms with Gasteiger partial charge < -0.3 is 14.3 Å². The molecule has 3 heterocycles. The first kappa shape index (κ1) is 16.0. The molecule has 2 aromatic rings. The number of aliphatic hydroxyl groups excluding tert-OH is 1. The van der Waals surface area contributed by atoms with Gasteiger partial charge in [-0.3, -0.25) is 9.69 Å². The summed E-state index contributed by atoms with van der Waals surface area (Å²) in [5.74, 6) is 0.381. The smallest absolute Gasteiger partial charge is 0.323 e. The number of β-amino-alcohol motifs (C(OH)–C–C–N with tert-alkyl or cyclic N) is 1. The first-order valence-corrected chi connectivity index (χ1v) is 8.01. The van der Waals surface area contributed by atoms with Gasteiger partial charge in [0.15, 0.2) is 10.2 Å². The molecule has 1 aliphatic rings. The molecule has 1 saturated heterocycles. The minimum Gasteiger partial charge on any atom is -0.468 e. The summed E-state index contributed by atoms with van der Waals surface area (Å²) in [4.78, 5) is 21.9. The van der Waals surface area contributed by atoms with E-state index in [0.717, 1.165) is 0 Å².